The second kappa shape index (κ2) is 12.0. The number of hydrogen-bond donors (Lipinski definition) is 2. The molecule has 2 heterocycles. The molecule has 0 unspecified atom stereocenters. The fraction of sp³-hybridized carbons (Fsp3) is 0.452. The van der Waals surface area contributed by atoms with E-state index in [1.807, 2.05) is 47.4 Å². The number of nitrogens with zero attached hydrogens (tertiary/aromatic N) is 3. The van der Waals surface area contributed by atoms with Crippen LogP contribution in [-0.2, 0) is 11.3 Å². The highest BCUT2D eigenvalue weighted by molar-refractivity contribution is 6.09. The van der Waals surface area contributed by atoms with Crippen molar-refractivity contribution < 1.29 is 14.7 Å². The topological polar surface area (TPSA) is 85.8 Å². The van der Waals surface area contributed by atoms with Crippen molar-refractivity contribution in [1.29, 1.82) is 0 Å². The molecule has 2 aliphatic rings. The van der Waals surface area contributed by atoms with Crippen molar-refractivity contribution >= 4 is 22.8 Å². The van der Waals surface area contributed by atoms with Gasteiger partial charge in [0.25, 0.3) is 5.91 Å². The summed E-state index contributed by atoms with van der Waals surface area (Å²) in [7, 11) is 0. The van der Waals surface area contributed by atoms with E-state index >= 15 is 0 Å². The molecule has 1 saturated heterocycles. The van der Waals surface area contributed by atoms with Gasteiger partial charge >= 0.3 is 5.97 Å². The van der Waals surface area contributed by atoms with Gasteiger partial charge in [-0.05, 0) is 31.7 Å². The number of piperazine rings is 1. The molecular formula is C31H38N4O3. The molecule has 0 radical (unpaired) electrons. The van der Waals surface area contributed by atoms with Gasteiger partial charge in [0, 0.05) is 55.3 Å². The van der Waals surface area contributed by atoms with Crippen LogP contribution in [0.3, 0.4) is 0 Å². The summed E-state index contributed by atoms with van der Waals surface area (Å²) in [5, 5.41) is 13.4. The smallest absolute Gasteiger partial charge is 0.317 e. The summed E-state index contributed by atoms with van der Waals surface area (Å²) >= 11 is 0. The van der Waals surface area contributed by atoms with E-state index in [4.69, 9.17) is 4.98 Å². The Morgan fingerprint density at radius 3 is 2.32 bits per heavy atom. The van der Waals surface area contributed by atoms with Gasteiger partial charge in [-0.1, -0.05) is 67.8 Å². The van der Waals surface area contributed by atoms with E-state index in [2.05, 4.69) is 29.3 Å². The van der Waals surface area contributed by atoms with Crippen LogP contribution in [0.25, 0.3) is 22.2 Å². The summed E-state index contributed by atoms with van der Waals surface area (Å²) in [5.41, 5.74) is 4.30. The average molecular weight is 515 g/mol. The third kappa shape index (κ3) is 6.05. The maximum Gasteiger partial charge on any atom is 0.317 e. The zero-order valence-electron chi connectivity index (χ0n) is 22.2. The molecule has 200 valence electrons. The maximum atomic E-state index is 14.1. The summed E-state index contributed by atoms with van der Waals surface area (Å²) in [6.45, 7) is 5.66. The Morgan fingerprint density at radius 2 is 1.61 bits per heavy atom. The second-order valence-electron chi connectivity index (χ2n) is 10.8. The van der Waals surface area contributed by atoms with E-state index in [1.54, 1.807) is 0 Å². The number of rotatable bonds is 8. The molecule has 7 nitrogen and oxygen atoms in total. The van der Waals surface area contributed by atoms with Crippen molar-refractivity contribution in [3.63, 3.8) is 0 Å². The van der Waals surface area contributed by atoms with Crippen molar-refractivity contribution in [1.82, 2.24) is 20.1 Å². The first-order valence-corrected chi connectivity index (χ1v) is 13.9. The van der Waals surface area contributed by atoms with E-state index in [1.165, 1.54) is 32.1 Å². The molecule has 1 amide bonds. The van der Waals surface area contributed by atoms with Crippen molar-refractivity contribution in [3.05, 3.63) is 65.7 Å². The molecule has 0 bridgehead atoms. The number of fused-ring (bicyclic) bond motifs is 1. The lowest BCUT2D eigenvalue weighted by Crippen LogP contribution is -2.47. The lowest BCUT2D eigenvalue weighted by atomic mass is 9.84. The lowest BCUT2D eigenvalue weighted by Gasteiger charge is -2.34. The highest BCUT2D eigenvalue weighted by Gasteiger charge is 2.28. The van der Waals surface area contributed by atoms with Crippen LogP contribution in [-0.4, -0.2) is 70.5 Å². The molecule has 1 aliphatic carbocycles. The number of benzene rings is 2. The molecule has 1 aromatic heterocycles. The third-order valence-corrected chi connectivity index (χ3v) is 8.19. The minimum absolute atomic E-state index is 0.0293. The Bertz CT molecular complexity index is 1260. The van der Waals surface area contributed by atoms with Crippen LogP contribution in [0, 0.1) is 5.92 Å². The number of carboxylic acids is 1. The number of para-hydroxylation sites is 1. The number of carbonyl (C=O) groups excluding carboxylic acids is 1. The van der Waals surface area contributed by atoms with Gasteiger partial charge in [0.1, 0.15) is 0 Å². The predicted octanol–water partition coefficient (Wildman–Crippen LogP) is 4.80. The van der Waals surface area contributed by atoms with Crippen LogP contribution in [0.2, 0.25) is 0 Å². The summed E-state index contributed by atoms with van der Waals surface area (Å²) in [5.74, 6) is -0.312. The molecule has 3 aromatic rings. The van der Waals surface area contributed by atoms with E-state index in [0.717, 1.165) is 40.8 Å². The zero-order valence-corrected chi connectivity index (χ0v) is 22.2. The van der Waals surface area contributed by atoms with Crippen LogP contribution in [0.1, 0.15) is 54.9 Å². The summed E-state index contributed by atoms with van der Waals surface area (Å²) in [4.78, 5) is 34.6. The van der Waals surface area contributed by atoms with Gasteiger partial charge in [0.15, 0.2) is 0 Å². The van der Waals surface area contributed by atoms with Crippen LogP contribution >= 0.6 is 0 Å². The largest absolute Gasteiger partial charge is 0.480 e. The molecule has 2 aromatic carbocycles. The van der Waals surface area contributed by atoms with Gasteiger partial charge in [-0.3, -0.25) is 19.4 Å². The Morgan fingerprint density at radius 1 is 0.947 bits per heavy atom. The van der Waals surface area contributed by atoms with Crippen molar-refractivity contribution in [3.8, 4) is 11.3 Å². The molecular weight excluding hydrogens is 476 g/mol. The van der Waals surface area contributed by atoms with Crippen molar-refractivity contribution in [2.45, 2.75) is 51.6 Å². The quantitative estimate of drug-likeness (QED) is 0.449. The van der Waals surface area contributed by atoms with Gasteiger partial charge in [-0.15, -0.1) is 0 Å². The molecule has 1 saturated carbocycles. The number of carbonyl (C=O) groups is 2. The monoisotopic (exact) mass is 514 g/mol. The fourth-order valence-electron chi connectivity index (χ4n) is 6.05. The number of aliphatic carboxylic acids is 1. The van der Waals surface area contributed by atoms with Crippen LogP contribution in [0.5, 0.6) is 0 Å². The first-order valence-electron chi connectivity index (χ1n) is 13.9. The fourth-order valence-corrected chi connectivity index (χ4v) is 6.05. The van der Waals surface area contributed by atoms with E-state index < -0.39 is 5.97 Å². The number of aromatic nitrogens is 1. The normalized spacial score (nSPS) is 18.3. The van der Waals surface area contributed by atoms with Gasteiger partial charge < -0.3 is 10.4 Å². The Labute approximate surface area is 224 Å². The minimum Gasteiger partial charge on any atom is -0.480 e. The summed E-state index contributed by atoms with van der Waals surface area (Å²) in [6, 6.07) is 18.2. The molecule has 0 spiro atoms. The number of nitrogens with one attached hydrogen (secondary N) is 1. The van der Waals surface area contributed by atoms with E-state index in [9.17, 15) is 14.7 Å². The highest BCUT2D eigenvalue weighted by atomic mass is 16.4. The molecule has 2 N–H and O–H groups in total. The van der Waals surface area contributed by atoms with Gasteiger partial charge in [-0.25, -0.2) is 4.98 Å². The van der Waals surface area contributed by atoms with Gasteiger partial charge in [-0.2, -0.15) is 0 Å². The predicted molar refractivity (Wildman–Crippen MR) is 150 cm³/mol. The van der Waals surface area contributed by atoms with Gasteiger partial charge in [0.2, 0.25) is 0 Å². The average Bonchev–Trinajstić information content (AvgIpc) is 2.94. The third-order valence-electron chi connectivity index (χ3n) is 8.19. The second-order valence-corrected chi connectivity index (χ2v) is 10.8. The Kier molecular flexibility index (Phi) is 8.35. The van der Waals surface area contributed by atoms with Crippen molar-refractivity contribution in [2.75, 3.05) is 32.7 Å². The molecule has 2 fully saturated rings. The molecule has 1 atom stereocenters. The number of carboxylic acid groups (broad SMARTS) is 1. The van der Waals surface area contributed by atoms with Crippen molar-refractivity contribution in [2.24, 2.45) is 5.92 Å². The van der Waals surface area contributed by atoms with E-state index in [-0.39, 0.29) is 18.5 Å². The number of pyridine rings is 1. The molecule has 1 aliphatic heterocycles. The van der Waals surface area contributed by atoms with Gasteiger partial charge in [0.05, 0.1) is 23.3 Å². The van der Waals surface area contributed by atoms with Crippen LogP contribution < -0.4 is 5.32 Å². The maximum absolute atomic E-state index is 14.1. The zero-order chi connectivity index (χ0) is 26.5. The Balaban J connectivity index is 1.52. The molecule has 38 heavy (non-hydrogen) atoms. The lowest BCUT2D eigenvalue weighted by molar-refractivity contribution is -0.138. The SMILES string of the molecule is C[C@H](NC(=O)c1c(CN2CCN(CC(=O)O)CC2)c(-c2ccccc2)nc2ccccc12)C1CCCCC1. The number of amides is 1. The molecule has 5 rings (SSSR count). The standard InChI is InChI=1S/C31H38N4O3/c1-22(23-10-4-2-5-11-23)32-31(38)29-25-14-8-9-15-27(25)33-30(24-12-6-3-7-13-24)26(29)20-34-16-18-35(19-17-34)21-28(36)37/h3,6-9,12-15,22-23H,2,4-5,10-11,16-21H2,1H3,(H,32,38)(H,36,37)/t22-/m0/s1. The first kappa shape index (κ1) is 26.3. The number of hydrogen-bond acceptors (Lipinski definition) is 5. The van der Waals surface area contributed by atoms with E-state index in [0.29, 0.717) is 31.1 Å². The Hall–Kier alpha value is -3.29. The molecule has 7 heteroatoms. The summed E-state index contributed by atoms with van der Waals surface area (Å²) in [6.07, 6.45) is 6.10. The first-order chi connectivity index (χ1) is 18.5. The van der Waals surface area contributed by atoms with Crippen LogP contribution in [0.4, 0.5) is 0 Å². The summed E-state index contributed by atoms with van der Waals surface area (Å²) < 4.78 is 0. The highest BCUT2D eigenvalue weighted by Crippen LogP contribution is 2.32. The minimum atomic E-state index is -0.797. The van der Waals surface area contributed by atoms with Crippen LogP contribution in [0.15, 0.2) is 54.6 Å².